The molecule has 0 heterocycles. The number of hydrogen-bond donors (Lipinski definition) is 2. The van der Waals surface area contributed by atoms with Crippen LogP contribution in [0.2, 0.25) is 0 Å². The van der Waals surface area contributed by atoms with Crippen molar-refractivity contribution in [1.29, 1.82) is 0 Å². The van der Waals surface area contributed by atoms with Gasteiger partial charge in [-0.15, -0.1) is 0 Å². The highest BCUT2D eigenvalue weighted by Gasteiger charge is 2.12. The van der Waals surface area contributed by atoms with Gasteiger partial charge in [0.1, 0.15) is 0 Å². The van der Waals surface area contributed by atoms with E-state index < -0.39 is 0 Å². The predicted molar refractivity (Wildman–Crippen MR) is 111 cm³/mol. The molecule has 0 aromatic heterocycles. The lowest BCUT2D eigenvalue weighted by Crippen LogP contribution is -2.31. The number of anilines is 1. The minimum Gasteiger partial charge on any atom is -0.462 e. The summed E-state index contributed by atoms with van der Waals surface area (Å²) < 4.78 is 5.03. The van der Waals surface area contributed by atoms with Crippen LogP contribution in [0.15, 0.2) is 36.4 Å². The summed E-state index contributed by atoms with van der Waals surface area (Å²) >= 11 is 5.46. The van der Waals surface area contributed by atoms with Crippen LogP contribution in [0.4, 0.5) is 5.69 Å². The average Bonchev–Trinajstić information content (AvgIpc) is 2.58. The van der Waals surface area contributed by atoms with Crippen LogP contribution < -0.4 is 10.6 Å². The summed E-state index contributed by atoms with van der Waals surface area (Å²) in [7, 11) is 0. The highest BCUT2D eigenvalue weighted by atomic mass is 32.1. The van der Waals surface area contributed by atoms with Crippen LogP contribution in [0.5, 0.6) is 0 Å². The van der Waals surface area contributed by atoms with Crippen molar-refractivity contribution in [3.63, 3.8) is 0 Å². The molecule has 0 saturated carbocycles. The summed E-state index contributed by atoms with van der Waals surface area (Å²) in [6, 6.07) is 11.9. The van der Waals surface area contributed by atoms with Gasteiger partial charge < -0.3 is 15.4 Å². The largest absolute Gasteiger partial charge is 0.462 e. The Morgan fingerprint density at radius 1 is 1.12 bits per heavy atom. The molecule has 0 radical (unpaired) electrons. The Labute approximate surface area is 161 Å². The standard InChI is InChI=1S/C21H26N2O2S/c1-6-25-20(24)17-9-10-19(15(4)12-17)23-21(26)22-16(5)18-11-13(2)7-8-14(18)3/h7-12,16H,6H2,1-5H3,(H2,22,23,26). The van der Waals surface area contributed by atoms with Gasteiger partial charge in [-0.2, -0.15) is 0 Å². The second kappa shape index (κ2) is 8.81. The van der Waals surface area contributed by atoms with Gasteiger partial charge >= 0.3 is 5.97 Å². The molecule has 138 valence electrons. The van der Waals surface area contributed by atoms with Gasteiger partial charge in [0, 0.05) is 5.69 Å². The lowest BCUT2D eigenvalue weighted by Gasteiger charge is -2.20. The van der Waals surface area contributed by atoms with E-state index >= 15 is 0 Å². The monoisotopic (exact) mass is 370 g/mol. The van der Waals surface area contributed by atoms with Crippen LogP contribution in [0.1, 0.15) is 52.5 Å². The Morgan fingerprint density at radius 2 is 1.85 bits per heavy atom. The van der Waals surface area contributed by atoms with E-state index in [2.05, 4.69) is 49.6 Å². The predicted octanol–water partition coefficient (Wildman–Crippen LogP) is 4.84. The second-order valence-electron chi connectivity index (χ2n) is 6.43. The van der Waals surface area contributed by atoms with Gasteiger partial charge in [-0.25, -0.2) is 4.79 Å². The average molecular weight is 371 g/mol. The van der Waals surface area contributed by atoms with Crippen molar-refractivity contribution in [2.75, 3.05) is 11.9 Å². The zero-order valence-electron chi connectivity index (χ0n) is 16.0. The third-order valence-electron chi connectivity index (χ3n) is 4.23. The fourth-order valence-corrected chi connectivity index (χ4v) is 3.09. The minimum absolute atomic E-state index is 0.0917. The molecule has 2 N–H and O–H groups in total. The van der Waals surface area contributed by atoms with Gasteiger partial charge in [-0.3, -0.25) is 0 Å². The number of ether oxygens (including phenoxy) is 1. The maximum atomic E-state index is 11.8. The Hall–Kier alpha value is -2.40. The van der Waals surface area contributed by atoms with Crippen LogP contribution in [-0.2, 0) is 4.74 Å². The topological polar surface area (TPSA) is 50.4 Å². The number of thiocarbonyl (C=S) groups is 1. The number of rotatable bonds is 5. The van der Waals surface area contributed by atoms with Crippen molar-refractivity contribution in [3.05, 3.63) is 64.2 Å². The number of esters is 1. The molecule has 0 aliphatic heterocycles. The summed E-state index contributed by atoms with van der Waals surface area (Å²) in [5.41, 5.74) is 6.01. The first kappa shape index (κ1) is 19.9. The fourth-order valence-electron chi connectivity index (χ4n) is 2.80. The van der Waals surface area contributed by atoms with Crippen LogP contribution in [0.25, 0.3) is 0 Å². The number of hydrogen-bond acceptors (Lipinski definition) is 3. The summed E-state index contributed by atoms with van der Waals surface area (Å²) in [6.45, 7) is 10.4. The van der Waals surface area contributed by atoms with Crippen molar-refractivity contribution in [3.8, 4) is 0 Å². The molecule has 0 spiro atoms. The minimum atomic E-state index is -0.314. The van der Waals surface area contributed by atoms with E-state index in [1.54, 1.807) is 19.1 Å². The highest BCUT2D eigenvalue weighted by molar-refractivity contribution is 7.80. The van der Waals surface area contributed by atoms with Crippen molar-refractivity contribution < 1.29 is 9.53 Å². The zero-order chi connectivity index (χ0) is 19.3. The first-order chi connectivity index (χ1) is 12.3. The second-order valence-corrected chi connectivity index (χ2v) is 6.84. The molecule has 1 atom stereocenters. The molecule has 26 heavy (non-hydrogen) atoms. The fraction of sp³-hybridized carbons (Fsp3) is 0.333. The van der Waals surface area contributed by atoms with Crippen molar-refractivity contribution in [1.82, 2.24) is 5.32 Å². The maximum Gasteiger partial charge on any atom is 0.338 e. The van der Waals surface area contributed by atoms with E-state index in [9.17, 15) is 4.79 Å². The third-order valence-corrected chi connectivity index (χ3v) is 4.45. The molecule has 0 fully saturated rings. The summed E-state index contributed by atoms with van der Waals surface area (Å²) in [4.78, 5) is 11.8. The van der Waals surface area contributed by atoms with Gasteiger partial charge in [0.15, 0.2) is 5.11 Å². The highest BCUT2D eigenvalue weighted by Crippen LogP contribution is 2.20. The molecule has 0 amide bonds. The van der Waals surface area contributed by atoms with E-state index in [0.29, 0.717) is 17.3 Å². The number of carbonyl (C=O) groups is 1. The van der Waals surface area contributed by atoms with Crippen molar-refractivity contribution in [2.45, 2.75) is 40.7 Å². The number of carbonyl (C=O) groups excluding carboxylic acids is 1. The Bertz CT molecular complexity index is 818. The molecule has 0 saturated heterocycles. The van der Waals surface area contributed by atoms with Crippen LogP contribution in [0, 0.1) is 20.8 Å². The smallest absolute Gasteiger partial charge is 0.338 e. The summed E-state index contributed by atoms with van der Waals surface area (Å²) in [5.74, 6) is -0.314. The first-order valence-electron chi connectivity index (χ1n) is 8.74. The molecule has 4 nitrogen and oxygen atoms in total. The van der Waals surface area contributed by atoms with Gasteiger partial charge in [0.25, 0.3) is 0 Å². The number of nitrogens with one attached hydrogen (secondary N) is 2. The molecule has 2 rings (SSSR count). The van der Waals surface area contributed by atoms with E-state index in [1.165, 1.54) is 16.7 Å². The van der Waals surface area contributed by atoms with E-state index in [4.69, 9.17) is 17.0 Å². The number of aryl methyl sites for hydroxylation is 3. The van der Waals surface area contributed by atoms with Crippen molar-refractivity contribution >= 4 is 29.0 Å². The molecule has 2 aromatic carbocycles. The van der Waals surface area contributed by atoms with Crippen LogP contribution >= 0.6 is 12.2 Å². The van der Waals surface area contributed by atoms with E-state index in [0.717, 1.165) is 11.3 Å². The molecule has 0 bridgehead atoms. The van der Waals surface area contributed by atoms with E-state index in [-0.39, 0.29) is 12.0 Å². The van der Waals surface area contributed by atoms with Gasteiger partial charge in [0.2, 0.25) is 0 Å². The molecule has 2 aromatic rings. The lowest BCUT2D eigenvalue weighted by atomic mass is 10.0. The Kier molecular flexibility index (Phi) is 6.75. The van der Waals surface area contributed by atoms with Gasteiger partial charge in [-0.1, -0.05) is 23.8 Å². The Balaban J connectivity index is 2.05. The van der Waals surface area contributed by atoms with Crippen LogP contribution in [-0.4, -0.2) is 17.7 Å². The third kappa shape index (κ3) is 5.05. The SMILES string of the molecule is CCOC(=O)c1ccc(NC(=S)NC(C)c2cc(C)ccc2C)c(C)c1. The van der Waals surface area contributed by atoms with Gasteiger partial charge in [-0.05, 0) is 81.7 Å². The molecule has 5 heteroatoms. The van der Waals surface area contributed by atoms with E-state index in [1.807, 2.05) is 13.0 Å². The maximum absolute atomic E-state index is 11.8. The number of benzene rings is 2. The van der Waals surface area contributed by atoms with Gasteiger partial charge in [0.05, 0.1) is 18.2 Å². The summed E-state index contributed by atoms with van der Waals surface area (Å²) in [5, 5.41) is 7.08. The molecule has 1 unspecified atom stereocenters. The molecular formula is C21H26N2O2S. The molecular weight excluding hydrogens is 344 g/mol. The van der Waals surface area contributed by atoms with Crippen molar-refractivity contribution in [2.24, 2.45) is 0 Å². The first-order valence-corrected chi connectivity index (χ1v) is 9.15. The summed E-state index contributed by atoms with van der Waals surface area (Å²) in [6.07, 6.45) is 0. The zero-order valence-corrected chi connectivity index (χ0v) is 16.8. The normalized spacial score (nSPS) is 11.6. The van der Waals surface area contributed by atoms with Crippen LogP contribution in [0.3, 0.4) is 0 Å². The Morgan fingerprint density at radius 3 is 2.50 bits per heavy atom. The molecule has 0 aliphatic rings. The lowest BCUT2D eigenvalue weighted by molar-refractivity contribution is 0.0526. The quantitative estimate of drug-likeness (QED) is 0.583. The molecule has 0 aliphatic carbocycles.